The Morgan fingerprint density at radius 3 is 1.54 bits per heavy atom. The van der Waals surface area contributed by atoms with E-state index in [2.05, 4.69) is 116 Å². The topological polar surface area (TPSA) is 18.5 Å². The SMILES string of the molecule is COc1c(C)cc(C2=C(P)C(C(C)P(C(C)(C)C)C(C)(C)C)=CC2c2cc(C)c(OC)c(C)c2)cc1C. The highest BCUT2D eigenvalue weighted by molar-refractivity contribution is 7.61. The van der Waals surface area contributed by atoms with Crippen molar-refractivity contribution in [3.63, 3.8) is 0 Å². The molecule has 2 aromatic rings. The van der Waals surface area contributed by atoms with Gasteiger partial charge in [0.1, 0.15) is 11.5 Å². The van der Waals surface area contributed by atoms with Gasteiger partial charge in [-0.15, -0.1) is 9.24 Å². The van der Waals surface area contributed by atoms with Gasteiger partial charge in [0.15, 0.2) is 0 Å². The Morgan fingerprint density at radius 2 is 1.16 bits per heavy atom. The summed E-state index contributed by atoms with van der Waals surface area (Å²) in [6, 6.07) is 9.24. The summed E-state index contributed by atoms with van der Waals surface area (Å²) >= 11 is 0. The largest absolute Gasteiger partial charge is 0.496 e. The molecule has 0 aromatic heterocycles. The van der Waals surface area contributed by atoms with E-state index in [0.29, 0.717) is 5.66 Å². The third kappa shape index (κ3) is 5.87. The quantitative estimate of drug-likeness (QED) is 0.341. The van der Waals surface area contributed by atoms with Crippen LogP contribution in [0.4, 0.5) is 0 Å². The van der Waals surface area contributed by atoms with Gasteiger partial charge in [0.05, 0.1) is 14.2 Å². The molecule has 0 radical (unpaired) electrons. The number of rotatable bonds is 6. The van der Waals surface area contributed by atoms with Gasteiger partial charge in [-0.2, -0.15) is 0 Å². The zero-order valence-electron chi connectivity index (χ0n) is 25.4. The van der Waals surface area contributed by atoms with Gasteiger partial charge in [0.25, 0.3) is 0 Å². The number of hydrogen-bond acceptors (Lipinski definition) is 2. The smallest absolute Gasteiger partial charge is 0.124 e. The molecular formula is C33H48O2P2. The van der Waals surface area contributed by atoms with Gasteiger partial charge in [-0.25, -0.2) is 0 Å². The van der Waals surface area contributed by atoms with Gasteiger partial charge >= 0.3 is 0 Å². The molecule has 202 valence electrons. The van der Waals surface area contributed by atoms with Crippen LogP contribution in [-0.2, 0) is 0 Å². The van der Waals surface area contributed by atoms with Crippen LogP contribution >= 0.6 is 17.2 Å². The first kappa shape index (κ1) is 29.9. The Morgan fingerprint density at radius 1 is 0.757 bits per heavy atom. The van der Waals surface area contributed by atoms with Gasteiger partial charge in [-0.1, -0.05) is 74.6 Å². The second-order valence-corrected chi connectivity index (χ2v) is 17.4. The molecule has 2 nitrogen and oxygen atoms in total. The third-order valence-electron chi connectivity index (χ3n) is 7.56. The summed E-state index contributed by atoms with van der Waals surface area (Å²) in [6.07, 6.45) is 2.56. The zero-order chi connectivity index (χ0) is 28.0. The lowest BCUT2D eigenvalue weighted by Crippen LogP contribution is -2.31. The maximum absolute atomic E-state index is 5.71. The predicted octanol–water partition coefficient (Wildman–Crippen LogP) is 9.71. The second-order valence-electron chi connectivity index (χ2n) is 12.6. The fourth-order valence-corrected chi connectivity index (χ4v) is 12.5. The van der Waals surface area contributed by atoms with E-state index in [9.17, 15) is 0 Å². The van der Waals surface area contributed by atoms with Crippen molar-refractivity contribution >= 4 is 22.7 Å². The molecule has 0 heterocycles. The maximum atomic E-state index is 5.71. The lowest BCUT2D eigenvalue weighted by atomic mass is 9.86. The van der Waals surface area contributed by atoms with Crippen molar-refractivity contribution in [1.29, 1.82) is 0 Å². The number of hydrogen-bond donors (Lipinski definition) is 0. The van der Waals surface area contributed by atoms with Crippen LogP contribution in [0.15, 0.2) is 41.2 Å². The Balaban J connectivity index is 2.29. The molecule has 0 fully saturated rings. The van der Waals surface area contributed by atoms with Crippen LogP contribution in [0.25, 0.3) is 5.57 Å². The lowest BCUT2D eigenvalue weighted by Gasteiger charge is -2.46. The summed E-state index contributed by atoms with van der Waals surface area (Å²) in [4.78, 5) is 0. The van der Waals surface area contributed by atoms with E-state index >= 15 is 0 Å². The highest BCUT2D eigenvalue weighted by Crippen LogP contribution is 2.66. The zero-order valence-corrected chi connectivity index (χ0v) is 27.4. The Hall–Kier alpha value is -1.62. The summed E-state index contributed by atoms with van der Waals surface area (Å²) in [6.45, 7) is 25.6. The minimum Gasteiger partial charge on any atom is -0.496 e. The Labute approximate surface area is 230 Å². The summed E-state index contributed by atoms with van der Waals surface area (Å²) in [5.41, 5.74) is 10.7. The van der Waals surface area contributed by atoms with E-state index in [1.807, 2.05) is 0 Å². The van der Waals surface area contributed by atoms with E-state index in [4.69, 9.17) is 9.47 Å². The highest BCUT2D eigenvalue weighted by Gasteiger charge is 2.41. The number of methoxy groups -OCH3 is 2. The Bertz CT molecular complexity index is 1180. The molecule has 0 spiro atoms. The maximum Gasteiger partial charge on any atom is 0.124 e. The first-order valence-electron chi connectivity index (χ1n) is 13.3. The standard InChI is InChI=1S/C33H48O2P2/c1-19-14-24(15-20(2)29(19)34-12)27-18-26(23(5)37(32(6,7)8)33(9,10)11)31(36)28(27)25-16-21(3)30(35-13)22(4)17-25/h14-18,23,27H,36H2,1-13H3. The fraction of sp³-hybridized carbons (Fsp3) is 0.515. The van der Waals surface area contributed by atoms with Crippen LogP contribution in [-0.4, -0.2) is 30.2 Å². The first-order chi connectivity index (χ1) is 17.0. The van der Waals surface area contributed by atoms with E-state index in [0.717, 1.165) is 11.5 Å². The van der Waals surface area contributed by atoms with E-state index in [1.54, 1.807) is 14.2 Å². The van der Waals surface area contributed by atoms with E-state index in [1.165, 1.54) is 49.8 Å². The monoisotopic (exact) mass is 538 g/mol. The van der Waals surface area contributed by atoms with Crippen LogP contribution in [0.1, 0.15) is 87.8 Å². The molecule has 0 bridgehead atoms. The van der Waals surface area contributed by atoms with Crippen molar-refractivity contribution in [2.75, 3.05) is 14.2 Å². The molecule has 3 rings (SSSR count). The van der Waals surface area contributed by atoms with Crippen LogP contribution in [0.3, 0.4) is 0 Å². The molecule has 3 atom stereocenters. The van der Waals surface area contributed by atoms with Crippen LogP contribution in [0.5, 0.6) is 11.5 Å². The van der Waals surface area contributed by atoms with E-state index < -0.39 is 0 Å². The molecule has 0 saturated heterocycles. The van der Waals surface area contributed by atoms with Crippen LogP contribution in [0.2, 0.25) is 0 Å². The van der Waals surface area contributed by atoms with Gasteiger partial charge in [0, 0.05) is 11.6 Å². The van der Waals surface area contributed by atoms with Crippen molar-refractivity contribution in [2.45, 2.75) is 98.1 Å². The number of aryl methyl sites for hydroxylation is 4. The molecule has 37 heavy (non-hydrogen) atoms. The van der Waals surface area contributed by atoms with E-state index in [-0.39, 0.29) is 24.2 Å². The highest BCUT2D eigenvalue weighted by atomic mass is 31.1. The molecule has 0 amide bonds. The molecule has 4 heteroatoms. The molecule has 1 aliphatic carbocycles. The average Bonchev–Trinajstić information content (AvgIpc) is 3.08. The summed E-state index contributed by atoms with van der Waals surface area (Å²) in [5.74, 6) is 2.15. The van der Waals surface area contributed by atoms with Crippen LogP contribution < -0.4 is 9.47 Å². The molecule has 2 aromatic carbocycles. The predicted molar refractivity (Wildman–Crippen MR) is 168 cm³/mol. The molecule has 0 saturated carbocycles. The molecule has 1 aliphatic rings. The van der Waals surface area contributed by atoms with Gasteiger partial charge in [-0.05, 0) is 100.0 Å². The number of allylic oxidation sites excluding steroid dienone is 4. The normalized spacial score (nSPS) is 17.4. The van der Waals surface area contributed by atoms with Gasteiger partial charge in [0.2, 0.25) is 0 Å². The minimum atomic E-state index is -0.314. The molecule has 0 N–H and O–H groups in total. The summed E-state index contributed by atoms with van der Waals surface area (Å²) in [7, 11) is 6.37. The average molecular weight is 539 g/mol. The summed E-state index contributed by atoms with van der Waals surface area (Å²) < 4.78 is 11.4. The van der Waals surface area contributed by atoms with Gasteiger partial charge in [-0.3, -0.25) is 0 Å². The second kappa shape index (κ2) is 10.9. The molecular weight excluding hydrogens is 490 g/mol. The van der Waals surface area contributed by atoms with Crippen LogP contribution in [0, 0.1) is 27.7 Å². The van der Waals surface area contributed by atoms with Crippen molar-refractivity contribution in [1.82, 2.24) is 0 Å². The van der Waals surface area contributed by atoms with Crippen molar-refractivity contribution in [2.24, 2.45) is 0 Å². The van der Waals surface area contributed by atoms with Crippen molar-refractivity contribution < 1.29 is 9.47 Å². The minimum absolute atomic E-state index is 0.192. The number of ether oxygens (including phenoxy) is 2. The van der Waals surface area contributed by atoms with Crippen molar-refractivity contribution in [3.8, 4) is 11.5 Å². The molecule has 0 aliphatic heterocycles. The Kier molecular flexibility index (Phi) is 8.79. The first-order valence-corrected chi connectivity index (χ1v) is 15.3. The molecule has 3 unspecified atom stereocenters. The van der Waals surface area contributed by atoms with Crippen molar-refractivity contribution in [3.05, 3.63) is 74.6 Å². The van der Waals surface area contributed by atoms with Gasteiger partial charge < -0.3 is 9.47 Å². The summed E-state index contributed by atoms with van der Waals surface area (Å²) in [5, 5.41) is 1.85. The fourth-order valence-electron chi connectivity index (χ4n) is 6.86. The lowest BCUT2D eigenvalue weighted by molar-refractivity contribution is 0.408. The number of benzene rings is 2. The third-order valence-corrected chi connectivity index (χ3v) is 12.2.